The monoisotopic (exact) mass is 588 g/mol. The van der Waals surface area contributed by atoms with Gasteiger partial charge in [0.05, 0.1) is 36.9 Å². The van der Waals surface area contributed by atoms with Gasteiger partial charge in [0, 0.05) is 16.9 Å². The predicted octanol–water partition coefficient (Wildman–Crippen LogP) is 8.53. The van der Waals surface area contributed by atoms with Crippen LogP contribution in [0.3, 0.4) is 0 Å². The molecule has 0 fully saturated rings. The number of halogens is 4. The summed E-state index contributed by atoms with van der Waals surface area (Å²) in [5.74, 6) is -2.44. The topological polar surface area (TPSA) is 79.3 Å². The molecule has 1 heterocycles. The number of benzene rings is 3. The fourth-order valence-electron chi connectivity index (χ4n) is 4.63. The van der Waals surface area contributed by atoms with Crippen LogP contribution in [-0.2, 0) is 4.79 Å². The molecule has 0 radical (unpaired) electrons. The Morgan fingerprint density at radius 2 is 1.42 bits per heavy atom. The van der Waals surface area contributed by atoms with Gasteiger partial charge in [-0.25, -0.2) is 9.78 Å². The number of carbonyl (C=O) groups is 2. The van der Waals surface area contributed by atoms with Crippen LogP contribution in [0.5, 0.6) is 0 Å². The highest BCUT2D eigenvalue weighted by Crippen LogP contribution is 2.40. The van der Waals surface area contributed by atoms with Gasteiger partial charge in [0.2, 0.25) is 0 Å². The average Bonchev–Trinajstić information content (AvgIpc) is 2.82. The van der Waals surface area contributed by atoms with Gasteiger partial charge in [0.1, 0.15) is 6.04 Å². The van der Waals surface area contributed by atoms with Crippen LogP contribution in [0, 0.1) is 5.41 Å². The van der Waals surface area contributed by atoms with Gasteiger partial charge in [0.15, 0.2) is 0 Å². The number of amides is 1. The summed E-state index contributed by atoms with van der Waals surface area (Å²) in [7, 11) is 0. The Balaban J connectivity index is 1.75. The number of carboxylic acids is 1. The van der Waals surface area contributed by atoms with E-state index in [1.165, 1.54) is 12.1 Å². The molecule has 5 nitrogen and oxygen atoms in total. The molecule has 196 valence electrons. The molecule has 2 unspecified atom stereocenters. The highest BCUT2D eigenvalue weighted by Gasteiger charge is 2.39. The summed E-state index contributed by atoms with van der Waals surface area (Å²) >= 11 is 25.1. The van der Waals surface area contributed by atoms with Crippen LogP contribution >= 0.6 is 46.4 Å². The van der Waals surface area contributed by atoms with Crippen molar-refractivity contribution < 1.29 is 14.7 Å². The fraction of sp³-hybridized carbons (Fsp3) is 0.207. The number of pyridine rings is 1. The van der Waals surface area contributed by atoms with Crippen LogP contribution in [-0.4, -0.2) is 28.0 Å². The first-order chi connectivity index (χ1) is 17.9. The van der Waals surface area contributed by atoms with E-state index in [1.807, 2.05) is 51.1 Å². The third-order valence-corrected chi connectivity index (χ3v) is 7.56. The van der Waals surface area contributed by atoms with Crippen molar-refractivity contribution in [2.45, 2.75) is 32.7 Å². The number of carboxylic acid groups (broad SMARTS) is 1. The third-order valence-electron chi connectivity index (χ3n) is 6.30. The van der Waals surface area contributed by atoms with E-state index in [2.05, 4.69) is 5.32 Å². The number of rotatable bonds is 6. The minimum Gasteiger partial charge on any atom is -0.480 e. The molecular formula is C29H24Cl4N2O3. The molecule has 0 saturated heterocycles. The molecule has 38 heavy (non-hydrogen) atoms. The summed E-state index contributed by atoms with van der Waals surface area (Å²) in [6.07, 6.45) is 0. The van der Waals surface area contributed by atoms with Gasteiger partial charge in [-0.3, -0.25) is 4.79 Å². The van der Waals surface area contributed by atoms with Crippen LogP contribution in [0.2, 0.25) is 20.1 Å². The van der Waals surface area contributed by atoms with Crippen LogP contribution in [0.15, 0.2) is 66.7 Å². The number of carbonyl (C=O) groups excluding carboxylic acids is 1. The Kier molecular flexibility index (Phi) is 8.24. The Bertz CT molecular complexity index is 1510. The van der Waals surface area contributed by atoms with Crippen molar-refractivity contribution >= 4 is 69.2 Å². The molecule has 2 atom stereocenters. The normalized spacial score (nSPS) is 13.2. The lowest BCUT2D eigenvalue weighted by Gasteiger charge is -2.36. The molecule has 0 saturated carbocycles. The molecule has 9 heteroatoms. The van der Waals surface area contributed by atoms with E-state index in [0.29, 0.717) is 26.8 Å². The highest BCUT2D eigenvalue weighted by atomic mass is 35.5. The van der Waals surface area contributed by atoms with Crippen molar-refractivity contribution in [2.24, 2.45) is 5.41 Å². The molecule has 0 aliphatic carbocycles. The lowest BCUT2D eigenvalue weighted by molar-refractivity contribution is -0.140. The molecular weight excluding hydrogens is 566 g/mol. The summed E-state index contributed by atoms with van der Waals surface area (Å²) in [5.41, 5.74) is 2.17. The lowest BCUT2D eigenvalue weighted by atomic mass is 9.72. The molecule has 1 aromatic heterocycles. The first-order valence-electron chi connectivity index (χ1n) is 11.7. The quantitative estimate of drug-likeness (QED) is 0.236. The first kappa shape index (κ1) is 28.2. The average molecular weight is 590 g/mol. The van der Waals surface area contributed by atoms with E-state index in [0.717, 1.165) is 10.9 Å². The molecule has 0 aliphatic rings. The van der Waals surface area contributed by atoms with Gasteiger partial charge in [-0.05, 0) is 53.4 Å². The summed E-state index contributed by atoms with van der Waals surface area (Å²) in [5, 5.41) is 14.9. The van der Waals surface area contributed by atoms with E-state index in [-0.39, 0.29) is 15.6 Å². The van der Waals surface area contributed by atoms with E-state index >= 15 is 0 Å². The maximum Gasteiger partial charge on any atom is 0.326 e. The van der Waals surface area contributed by atoms with E-state index in [1.54, 1.807) is 24.3 Å². The molecule has 1 amide bonds. The fourth-order valence-corrected chi connectivity index (χ4v) is 5.79. The van der Waals surface area contributed by atoms with Crippen molar-refractivity contribution in [1.82, 2.24) is 10.3 Å². The summed E-state index contributed by atoms with van der Waals surface area (Å²) in [6.45, 7) is 5.77. The van der Waals surface area contributed by atoms with Gasteiger partial charge >= 0.3 is 5.97 Å². The maximum absolute atomic E-state index is 13.1. The Morgan fingerprint density at radius 3 is 1.97 bits per heavy atom. The zero-order chi connectivity index (χ0) is 27.8. The summed E-state index contributed by atoms with van der Waals surface area (Å²) < 4.78 is 0. The van der Waals surface area contributed by atoms with Gasteiger partial charge < -0.3 is 10.4 Å². The van der Waals surface area contributed by atoms with Gasteiger partial charge in [-0.15, -0.1) is 0 Å². The molecule has 4 rings (SSSR count). The zero-order valence-electron chi connectivity index (χ0n) is 20.7. The SMILES string of the molecule is CC(C)(C)C(c1ccc2nc(-c3c(Cl)cccc3Cl)ccc2c1)C(NC(=O)c1c(Cl)cccc1Cl)C(=O)O. The minimum absolute atomic E-state index is 0.0308. The van der Waals surface area contributed by atoms with E-state index < -0.39 is 29.3 Å². The summed E-state index contributed by atoms with van der Waals surface area (Å²) in [6, 6.07) is 17.9. The second kappa shape index (κ2) is 11.1. The molecule has 2 N–H and O–H groups in total. The second-order valence-electron chi connectivity index (χ2n) is 9.98. The smallest absolute Gasteiger partial charge is 0.326 e. The predicted molar refractivity (Wildman–Crippen MR) is 155 cm³/mol. The van der Waals surface area contributed by atoms with E-state index in [4.69, 9.17) is 51.4 Å². The van der Waals surface area contributed by atoms with Crippen molar-refractivity contribution in [3.05, 3.63) is 97.9 Å². The molecule has 0 aliphatic heterocycles. The molecule has 3 aromatic carbocycles. The Hall–Kier alpha value is -2.83. The van der Waals surface area contributed by atoms with Crippen LogP contribution in [0.25, 0.3) is 22.2 Å². The number of fused-ring (bicyclic) bond motifs is 1. The summed E-state index contributed by atoms with van der Waals surface area (Å²) in [4.78, 5) is 30.4. The van der Waals surface area contributed by atoms with Crippen molar-refractivity contribution in [2.75, 3.05) is 0 Å². The first-order valence-corrected chi connectivity index (χ1v) is 13.2. The number of aliphatic carboxylic acids is 1. The van der Waals surface area contributed by atoms with E-state index in [9.17, 15) is 14.7 Å². The largest absolute Gasteiger partial charge is 0.480 e. The lowest BCUT2D eigenvalue weighted by Crippen LogP contribution is -2.48. The third kappa shape index (κ3) is 5.76. The maximum atomic E-state index is 13.1. The molecule has 0 spiro atoms. The number of hydrogen-bond acceptors (Lipinski definition) is 3. The van der Waals surface area contributed by atoms with Gasteiger partial charge in [-0.2, -0.15) is 0 Å². The highest BCUT2D eigenvalue weighted by molar-refractivity contribution is 6.40. The molecule has 4 aromatic rings. The van der Waals surface area contributed by atoms with Crippen LogP contribution < -0.4 is 5.32 Å². The molecule has 0 bridgehead atoms. The van der Waals surface area contributed by atoms with Crippen molar-refractivity contribution in [3.63, 3.8) is 0 Å². The Labute approximate surface area is 240 Å². The standard InChI is InChI=1S/C29H24Cl4N2O3/c1-29(2,3)25(26(28(37)38)35-27(36)24-19(32)8-5-9-20(24)33)16-11-12-21-15(14-16)10-13-22(34-21)23-17(30)6-4-7-18(23)31/h4-14,25-26H,1-3H3,(H,35,36)(H,37,38). The number of nitrogens with one attached hydrogen (secondary N) is 1. The van der Waals surface area contributed by atoms with Gasteiger partial charge in [-0.1, -0.05) is 91.4 Å². The van der Waals surface area contributed by atoms with Gasteiger partial charge in [0.25, 0.3) is 5.91 Å². The Morgan fingerprint density at radius 1 is 0.842 bits per heavy atom. The van der Waals surface area contributed by atoms with Crippen molar-refractivity contribution in [3.8, 4) is 11.3 Å². The minimum atomic E-state index is -1.26. The number of aromatic nitrogens is 1. The van der Waals surface area contributed by atoms with Crippen LogP contribution in [0.4, 0.5) is 0 Å². The van der Waals surface area contributed by atoms with Crippen LogP contribution in [0.1, 0.15) is 42.6 Å². The number of nitrogens with zero attached hydrogens (tertiary/aromatic N) is 1. The number of hydrogen-bond donors (Lipinski definition) is 2. The van der Waals surface area contributed by atoms with Crippen molar-refractivity contribution in [1.29, 1.82) is 0 Å². The zero-order valence-corrected chi connectivity index (χ0v) is 23.8. The second-order valence-corrected chi connectivity index (χ2v) is 11.6.